The Kier molecular flexibility index (Phi) is 3.91. The molecule has 2 aromatic rings. The number of hydrogen-bond donors (Lipinski definition) is 0. The third-order valence-electron chi connectivity index (χ3n) is 2.26. The van der Waals surface area contributed by atoms with E-state index in [9.17, 15) is 4.79 Å². The number of hydrogen-bond acceptors (Lipinski definition) is 4. The molecular weight excluding hydrogens is 230 g/mol. The predicted octanol–water partition coefficient (Wildman–Crippen LogP) is 3.09. The Hall–Kier alpha value is -2.36. The first kappa shape index (κ1) is 12.1. The highest BCUT2D eigenvalue weighted by atomic mass is 16.5. The molecule has 1 aromatic heterocycles. The Bertz CT molecular complexity index is 540. The van der Waals surface area contributed by atoms with Crippen molar-refractivity contribution in [3.05, 3.63) is 48.2 Å². The number of carbonyl (C=O) groups is 1. The number of aromatic nitrogens is 1. The molecule has 0 atom stereocenters. The summed E-state index contributed by atoms with van der Waals surface area (Å²) in [5.41, 5.74) is 0.416. The first-order valence-electron chi connectivity index (χ1n) is 5.64. The molecule has 0 N–H and O–H groups in total. The van der Waals surface area contributed by atoms with E-state index < -0.39 is 0 Å². The summed E-state index contributed by atoms with van der Waals surface area (Å²) in [5.74, 6) is 1.60. The molecule has 0 radical (unpaired) electrons. The summed E-state index contributed by atoms with van der Waals surface area (Å²) in [6, 6.07) is 10.5. The van der Waals surface area contributed by atoms with Gasteiger partial charge in [0, 0.05) is 12.3 Å². The molecule has 2 rings (SSSR count). The summed E-state index contributed by atoms with van der Waals surface area (Å²) in [4.78, 5) is 14.9. The van der Waals surface area contributed by atoms with E-state index in [4.69, 9.17) is 9.47 Å². The van der Waals surface area contributed by atoms with Gasteiger partial charge in [0.05, 0.1) is 12.2 Å². The van der Waals surface area contributed by atoms with E-state index in [1.54, 1.807) is 30.5 Å². The molecule has 0 saturated carbocycles. The van der Waals surface area contributed by atoms with Crippen LogP contribution in [0.15, 0.2) is 42.6 Å². The first-order chi connectivity index (χ1) is 8.83. The van der Waals surface area contributed by atoms with Gasteiger partial charge >= 0.3 is 0 Å². The third-order valence-corrected chi connectivity index (χ3v) is 2.26. The van der Waals surface area contributed by atoms with Crippen LogP contribution >= 0.6 is 0 Å². The van der Waals surface area contributed by atoms with Gasteiger partial charge < -0.3 is 9.47 Å². The summed E-state index contributed by atoms with van der Waals surface area (Å²) >= 11 is 0. The predicted molar refractivity (Wildman–Crippen MR) is 67.3 cm³/mol. The Morgan fingerprint density at radius 3 is 2.83 bits per heavy atom. The molecule has 0 spiro atoms. The lowest BCUT2D eigenvalue weighted by Gasteiger charge is -2.08. The van der Waals surface area contributed by atoms with Gasteiger partial charge in [-0.15, -0.1) is 0 Å². The molecule has 0 aliphatic heterocycles. The number of ether oxygens (including phenoxy) is 2. The standard InChI is InChI=1S/C14H13NO3/c1-2-17-12-6-3-7-13(9-12)18-14-11(10-16)5-4-8-15-14/h3-10H,2H2,1H3. The van der Waals surface area contributed by atoms with E-state index in [-0.39, 0.29) is 0 Å². The number of nitrogens with zero attached hydrogens (tertiary/aromatic N) is 1. The fourth-order valence-corrected chi connectivity index (χ4v) is 1.48. The molecule has 0 aliphatic rings. The minimum Gasteiger partial charge on any atom is -0.494 e. The Morgan fingerprint density at radius 2 is 2.06 bits per heavy atom. The number of carbonyl (C=O) groups excluding carboxylic acids is 1. The zero-order valence-electron chi connectivity index (χ0n) is 10.00. The minimum atomic E-state index is 0.293. The molecule has 1 aromatic carbocycles. The largest absolute Gasteiger partial charge is 0.494 e. The van der Waals surface area contributed by atoms with Gasteiger partial charge in [-0.3, -0.25) is 4.79 Å². The quantitative estimate of drug-likeness (QED) is 0.757. The van der Waals surface area contributed by atoms with E-state index in [2.05, 4.69) is 4.98 Å². The van der Waals surface area contributed by atoms with Crippen LogP contribution in [-0.2, 0) is 0 Å². The normalized spacial score (nSPS) is 9.83. The molecule has 4 heteroatoms. The van der Waals surface area contributed by atoms with E-state index in [1.807, 2.05) is 19.1 Å². The van der Waals surface area contributed by atoms with Crippen molar-refractivity contribution >= 4 is 6.29 Å². The lowest BCUT2D eigenvalue weighted by Crippen LogP contribution is -1.94. The maximum Gasteiger partial charge on any atom is 0.229 e. The highest BCUT2D eigenvalue weighted by Gasteiger charge is 2.05. The van der Waals surface area contributed by atoms with Crippen LogP contribution in [0.1, 0.15) is 17.3 Å². The molecule has 0 fully saturated rings. The number of benzene rings is 1. The number of aldehydes is 1. The van der Waals surface area contributed by atoms with Gasteiger partial charge in [-0.05, 0) is 31.2 Å². The van der Waals surface area contributed by atoms with Crippen LogP contribution in [0.5, 0.6) is 17.4 Å². The third kappa shape index (κ3) is 2.85. The zero-order chi connectivity index (χ0) is 12.8. The maximum absolute atomic E-state index is 10.8. The molecule has 92 valence electrons. The van der Waals surface area contributed by atoms with E-state index in [0.717, 1.165) is 5.75 Å². The second kappa shape index (κ2) is 5.82. The molecular formula is C14H13NO3. The molecule has 18 heavy (non-hydrogen) atoms. The van der Waals surface area contributed by atoms with Crippen LogP contribution in [0.2, 0.25) is 0 Å². The summed E-state index contributed by atoms with van der Waals surface area (Å²) < 4.78 is 10.9. The van der Waals surface area contributed by atoms with E-state index in [0.29, 0.717) is 30.1 Å². The maximum atomic E-state index is 10.8. The average molecular weight is 243 g/mol. The minimum absolute atomic E-state index is 0.293. The van der Waals surface area contributed by atoms with Crippen LogP contribution < -0.4 is 9.47 Å². The monoisotopic (exact) mass is 243 g/mol. The first-order valence-corrected chi connectivity index (χ1v) is 5.64. The molecule has 0 amide bonds. The Labute approximate surface area is 105 Å². The van der Waals surface area contributed by atoms with Gasteiger partial charge in [0.2, 0.25) is 5.88 Å². The smallest absolute Gasteiger partial charge is 0.229 e. The second-order valence-electron chi connectivity index (χ2n) is 3.53. The van der Waals surface area contributed by atoms with Gasteiger partial charge in [-0.1, -0.05) is 6.07 Å². The highest BCUT2D eigenvalue weighted by Crippen LogP contribution is 2.25. The van der Waals surface area contributed by atoms with Gasteiger partial charge in [0.25, 0.3) is 0 Å². The zero-order valence-corrected chi connectivity index (χ0v) is 10.00. The van der Waals surface area contributed by atoms with Crippen molar-refractivity contribution in [3.8, 4) is 17.4 Å². The van der Waals surface area contributed by atoms with Gasteiger partial charge in [-0.25, -0.2) is 4.98 Å². The van der Waals surface area contributed by atoms with Gasteiger partial charge in [0.15, 0.2) is 6.29 Å². The summed E-state index contributed by atoms with van der Waals surface area (Å²) in [6.45, 7) is 2.50. The van der Waals surface area contributed by atoms with Gasteiger partial charge in [-0.2, -0.15) is 0 Å². The lowest BCUT2D eigenvalue weighted by molar-refractivity contribution is 0.112. The Morgan fingerprint density at radius 1 is 1.22 bits per heavy atom. The highest BCUT2D eigenvalue weighted by molar-refractivity contribution is 5.78. The lowest BCUT2D eigenvalue weighted by atomic mass is 10.3. The van der Waals surface area contributed by atoms with Crippen molar-refractivity contribution in [2.24, 2.45) is 0 Å². The van der Waals surface area contributed by atoms with Crippen LogP contribution in [0.25, 0.3) is 0 Å². The molecule has 4 nitrogen and oxygen atoms in total. The van der Waals surface area contributed by atoms with Crippen LogP contribution in [0.4, 0.5) is 0 Å². The van der Waals surface area contributed by atoms with Crippen LogP contribution in [0, 0.1) is 0 Å². The average Bonchev–Trinajstić information content (AvgIpc) is 2.40. The SMILES string of the molecule is CCOc1cccc(Oc2ncccc2C=O)c1. The van der Waals surface area contributed by atoms with Crippen LogP contribution in [-0.4, -0.2) is 17.9 Å². The van der Waals surface area contributed by atoms with Crippen molar-refractivity contribution < 1.29 is 14.3 Å². The second-order valence-corrected chi connectivity index (χ2v) is 3.53. The molecule has 0 aliphatic carbocycles. The summed E-state index contributed by atoms with van der Waals surface area (Å²) in [7, 11) is 0. The topological polar surface area (TPSA) is 48.4 Å². The fraction of sp³-hybridized carbons (Fsp3) is 0.143. The summed E-state index contributed by atoms with van der Waals surface area (Å²) in [6.07, 6.45) is 2.30. The Balaban J connectivity index is 2.22. The molecule has 0 bridgehead atoms. The van der Waals surface area contributed by atoms with Crippen LogP contribution in [0.3, 0.4) is 0 Å². The molecule has 1 heterocycles. The number of rotatable bonds is 5. The number of pyridine rings is 1. The van der Waals surface area contributed by atoms with Gasteiger partial charge in [0.1, 0.15) is 11.5 Å². The molecule has 0 saturated heterocycles. The van der Waals surface area contributed by atoms with E-state index >= 15 is 0 Å². The van der Waals surface area contributed by atoms with Crippen molar-refractivity contribution in [1.29, 1.82) is 0 Å². The van der Waals surface area contributed by atoms with E-state index in [1.165, 1.54) is 0 Å². The van der Waals surface area contributed by atoms with Crippen molar-refractivity contribution in [2.75, 3.05) is 6.61 Å². The van der Waals surface area contributed by atoms with Crippen molar-refractivity contribution in [3.63, 3.8) is 0 Å². The van der Waals surface area contributed by atoms with Crippen molar-refractivity contribution in [1.82, 2.24) is 4.98 Å². The summed E-state index contributed by atoms with van der Waals surface area (Å²) in [5, 5.41) is 0. The van der Waals surface area contributed by atoms with Crippen molar-refractivity contribution in [2.45, 2.75) is 6.92 Å². The fourth-order valence-electron chi connectivity index (χ4n) is 1.48. The molecule has 0 unspecified atom stereocenters.